The Balaban J connectivity index is 2.32. The molecule has 0 aromatic carbocycles. The summed E-state index contributed by atoms with van der Waals surface area (Å²) in [5.41, 5.74) is 8.45. The van der Waals surface area contributed by atoms with Gasteiger partial charge in [-0.2, -0.15) is 0 Å². The molecule has 3 nitrogen and oxygen atoms in total. The third-order valence-electron chi connectivity index (χ3n) is 2.38. The monoisotopic (exact) mass is 219 g/mol. The van der Waals surface area contributed by atoms with Crippen LogP contribution in [0.15, 0.2) is 30.2 Å². The summed E-state index contributed by atoms with van der Waals surface area (Å²) in [5.74, 6) is 0. The lowest BCUT2D eigenvalue weighted by Gasteiger charge is -2.10. The number of hydrogen-bond acceptors (Lipinski definition) is 4. The number of nitrogens with two attached hydrogens (primary N) is 1. The van der Waals surface area contributed by atoms with Crippen LogP contribution in [0.1, 0.15) is 29.0 Å². The van der Waals surface area contributed by atoms with Crippen LogP contribution in [0.3, 0.4) is 0 Å². The van der Waals surface area contributed by atoms with E-state index in [1.807, 2.05) is 0 Å². The van der Waals surface area contributed by atoms with Crippen molar-refractivity contribution in [1.82, 2.24) is 9.97 Å². The van der Waals surface area contributed by atoms with Crippen LogP contribution >= 0.6 is 11.3 Å². The Labute approximate surface area is 93.0 Å². The molecule has 0 saturated heterocycles. The number of rotatable bonds is 3. The first-order chi connectivity index (χ1) is 7.33. The van der Waals surface area contributed by atoms with Crippen molar-refractivity contribution in [2.45, 2.75) is 19.4 Å². The van der Waals surface area contributed by atoms with Crippen molar-refractivity contribution < 1.29 is 0 Å². The Morgan fingerprint density at radius 1 is 1.40 bits per heavy atom. The summed E-state index contributed by atoms with van der Waals surface area (Å²) in [5, 5.41) is 2.08. The van der Waals surface area contributed by atoms with Gasteiger partial charge in [-0.3, -0.25) is 0 Å². The summed E-state index contributed by atoms with van der Waals surface area (Å²) >= 11 is 1.70. The van der Waals surface area contributed by atoms with Crippen molar-refractivity contribution >= 4 is 11.3 Å². The molecule has 2 aromatic rings. The summed E-state index contributed by atoms with van der Waals surface area (Å²) < 4.78 is 0. The average Bonchev–Trinajstić information content (AvgIpc) is 2.77. The SMILES string of the molecule is CCc1ccsc1C(N)c1cncnc1. The maximum atomic E-state index is 6.17. The lowest BCUT2D eigenvalue weighted by atomic mass is 10.1. The average molecular weight is 219 g/mol. The van der Waals surface area contributed by atoms with Crippen LogP contribution in [0.25, 0.3) is 0 Å². The first-order valence-electron chi connectivity index (χ1n) is 4.89. The van der Waals surface area contributed by atoms with Crippen LogP contribution in [0, 0.1) is 0 Å². The molecule has 0 bridgehead atoms. The van der Waals surface area contributed by atoms with Crippen LogP contribution in [-0.4, -0.2) is 9.97 Å². The minimum Gasteiger partial charge on any atom is -0.320 e. The van der Waals surface area contributed by atoms with Crippen LogP contribution in [0.5, 0.6) is 0 Å². The number of nitrogens with zero attached hydrogens (tertiary/aromatic N) is 2. The predicted molar refractivity (Wildman–Crippen MR) is 61.8 cm³/mol. The quantitative estimate of drug-likeness (QED) is 0.860. The third kappa shape index (κ3) is 2.06. The number of aryl methyl sites for hydroxylation is 1. The first-order valence-corrected chi connectivity index (χ1v) is 5.77. The maximum absolute atomic E-state index is 6.17. The molecule has 0 fully saturated rings. The fourth-order valence-corrected chi connectivity index (χ4v) is 2.56. The summed E-state index contributed by atoms with van der Waals surface area (Å²) in [6.45, 7) is 2.14. The highest BCUT2D eigenvalue weighted by Gasteiger charge is 2.13. The standard InChI is InChI=1S/C11H13N3S/c1-2-8-3-4-15-11(8)10(12)9-5-13-7-14-6-9/h3-7,10H,2,12H2,1H3. The van der Waals surface area contributed by atoms with Gasteiger partial charge in [0.15, 0.2) is 0 Å². The second-order valence-electron chi connectivity index (χ2n) is 3.31. The van der Waals surface area contributed by atoms with E-state index in [0.29, 0.717) is 0 Å². The number of aromatic nitrogens is 2. The lowest BCUT2D eigenvalue weighted by molar-refractivity contribution is 0.854. The lowest BCUT2D eigenvalue weighted by Crippen LogP contribution is -2.12. The van der Waals surface area contributed by atoms with E-state index < -0.39 is 0 Å². The van der Waals surface area contributed by atoms with Gasteiger partial charge in [0.2, 0.25) is 0 Å². The van der Waals surface area contributed by atoms with Gasteiger partial charge in [0.1, 0.15) is 6.33 Å². The molecule has 2 heterocycles. The van der Waals surface area contributed by atoms with Gasteiger partial charge in [-0.1, -0.05) is 6.92 Å². The normalized spacial score (nSPS) is 12.7. The molecule has 0 amide bonds. The minimum absolute atomic E-state index is 0.0962. The van der Waals surface area contributed by atoms with Crippen molar-refractivity contribution in [3.05, 3.63) is 46.2 Å². The predicted octanol–water partition coefficient (Wildman–Crippen LogP) is 2.15. The van der Waals surface area contributed by atoms with Gasteiger partial charge in [-0.05, 0) is 23.4 Å². The van der Waals surface area contributed by atoms with Gasteiger partial charge in [0.25, 0.3) is 0 Å². The van der Waals surface area contributed by atoms with Crippen LogP contribution in [-0.2, 0) is 6.42 Å². The third-order valence-corrected chi connectivity index (χ3v) is 3.43. The van der Waals surface area contributed by atoms with Crippen molar-refractivity contribution in [3.8, 4) is 0 Å². The van der Waals surface area contributed by atoms with E-state index in [2.05, 4.69) is 28.3 Å². The van der Waals surface area contributed by atoms with Crippen LogP contribution in [0.4, 0.5) is 0 Å². The minimum atomic E-state index is -0.0962. The molecular formula is C11H13N3S. The van der Waals surface area contributed by atoms with Gasteiger partial charge >= 0.3 is 0 Å². The highest BCUT2D eigenvalue weighted by Crippen LogP contribution is 2.27. The zero-order valence-corrected chi connectivity index (χ0v) is 9.37. The number of hydrogen-bond donors (Lipinski definition) is 1. The largest absolute Gasteiger partial charge is 0.320 e. The van der Waals surface area contributed by atoms with Gasteiger partial charge in [0.05, 0.1) is 6.04 Å². The van der Waals surface area contributed by atoms with E-state index in [1.54, 1.807) is 23.7 Å². The summed E-state index contributed by atoms with van der Waals surface area (Å²) in [6.07, 6.45) is 6.08. The Bertz CT molecular complexity index is 424. The fourth-order valence-electron chi connectivity index (χ4n) is 1.54. The fraction of sp³-hybridized carbons (Fsp3) is 0.273. The molecule has 2 aromatic heterocycles. The molecule has 78 valence electrons. The highest BCUT2D eigenvalue weighted by atomic mass is 32.1. The molecule has 0 aliphatic heterocycles. The molecule has 15 heavy (non-hydrogen) atoms. The van der Waals surface area contributed by atoms with Crippen molar-refractivity contribution in [2.24, 2.45) is 5.73 Å². The van der Waals surface area contributed by atoms with E-state index in [9.17, 15) is 0 Å². The van der Waals surface area contributed by atoms with Crippen molar-refractivity contribution in [3.63, 3.8) is 0 Å². The zero-order chi connectivity index (χ0) is 10.7. The second-order valence-corrected chi connectivity index (χ2v) is 4.26. The highest BCUT2D eigenvalue weighted by molar-refractivity contribution is 7.10. The van der Waals surface area contributed by atoms with Crippen LogP contribution in [0.2, 0.25) is 0 Å². The van der Waals surface area contributed by atoms with Crippen molar-refractivity contribution in [2.75, 3.05) is 0 Å². The van der Waals surface area contributed by atoms with Gasteiger partial charge in [0, 0.05) is 22.8 Å². The Kier molecular flexibility index (Phi) is 3.08. The van der Waals surface area contributed by atoms with Gasteiger partial charge in [-0.15, -0.1) is 11.3 Å². The summed E-state index contributed by atoms with van der Waals surface area (Å²) in [6, 6.07) is 2.03. The first kappa shape index (κ1) is 10.3. The number of thiophene rings is 1. The molecule has 0 aliphatic rings. The Hall–Kier alpha value is -1.26. The van der Waals surface area contributed by atoms with E-state index in [-0.39, 0.29) is 6.04 Å². The molecule has 1 unspecified atom stereocenters. The maximum Gasteiger partial charge on any atom is 0.115 e. The van der Waals surface area contributed by atoms with E-state index >= 15 is 0 Å². The molecule has 0 spiro atoms. The molecule has 0 saturated carbocycles. The molecule has 0 aliphatic carbocycles. The molecular weight excluding hydrogens is 206 g/mol. The van der Waals surface area contributed by atoms with E-state index in [4.69, 9.17) is 5.73 Å². The molecule has 0 radical (unpaired) electrons. The zero-order valence-electron chi connectivity index (χ0n) is 8.55. The Morgan fingerprint density at radius 3 is 2.80 bits per heavy atom. The van der Waals surface area contributed by atoms with E-state index in [0.717, 1.165) is 12.0 Å². The molecule has 2 N–H and O–H groups in total. The molecule has 4 heteroatoms. The Morgan fingerprint density at radius 2 is 2.13 bits per heavy atom. The van der Waals surface area contributed by atoms with Crippen LogP contribution < -0.4 is 5.73 Å². The second kappa shape index (κ2) is 4.51. The molecule has 2 rings (SSSR count). The van der Waals surface area contributed by atoms with Gasteiger partial charge < -0.3 is 5.73 Å². The molecule has 1 atom stereocenters. The smallest absolute Gasteiger partial charge is 0.115 e. The van der Waals surface area contributed by atoms with E-state index in [1.165, 1.54) is 16.8 Å². The topological polar surface area (TPSA) is 51.8 Å². The summed E-state index contributed by atoms with van der Waals surface area (Å²) in [4.78, 5) is 9.18. The van der Waals surface area contributed by atoms with Gasteiger partial charge in [-0.25, -0.2) is 9.97 Å². The summed E-state index contributed by atoms with van der Waals surface area (Å²) in [7, 11) is 0. The van der Waals surface area contributed by atoms with Crippen molar-refractivity contribution in [1.29, 1.82) is 0 Å².